The molecule has 0 saturated heterocycles. The fourth-order valence-electron chi connectivity index (χ4n) is 11.5. The van der Waals surface area contributed by atoms with Gasteiger partial charge in [0.05, 0.1) is 5.69 Å². The van der Waals surface area contributed by atoms with Crippen LogP contribution in [0.25, 0.3) is 98.0 Å². The highest BCUT2D eigenvalue weighted by Crippen LogP contribution is 2.51. The Bertz CT molecular complexity index is 4260. The SMILES string of the molecule is C/C=C\C(=C/C)N(c1ccccc1)c1ccc(-c2c3ccccc3c(N(c3ccccc3)c3ccc4c(-c5ccc6ccccc6c5)c5ccccc5c(-c5ccc6ccccc6c5)c4c3)c3ccccc23)cc1.CC. The number of nitrogens with zero attached hydrogens (tertiary/aromatic N) is 2. The molecular formula is C74H58N2. The number of hydrogen-bond acceptors (Lipinski definition) is 2. The first-order valence-corrected chi connectivity index (χ1v) is 26.7. The molecule has 0 bridgehead atoms. The Labute approximate surface area is 446 Å². The fourth-order valence-corrected chi connectivity index (χ4v) is 11.5. The van der Waals surface area contributed by atoms with Gasteiger partial charge < -0.3 is 9.80 Å². The standard InChI is InChI=1S/C72H52N2.C2H6/c1-3-21-56(4-2)73(57-26-7-5-8-27-57)59-42-40-51(41-43-59)69-63-32-17-19-34-66(63)72(67-35-20-18-33-64(67)69)74(58-28-9-6-10-29-58)60-44-45-65-68(48-60)71(55-39-37-50-23-12-14-25-53(50)47-55)62-31-16-15-30-61(62)70(65)54-38-36-49-22-11-13-24-52(49)46-54;1-2/h3-48H,1-2H3;1-2H3/b21-3-,56-4+;. The molecule has 2 heteroatoms. The topological polar surface area (TPSA) is 6.48 Å². The third-order valence-corrected chi connectivity index (χ3v) is 14.8. The van der Waals surface area contributed by atoms with Gasteiger partial charge in [0.1, 0.15) is 0 Å². The highest BCUT2D eigenvalue weighted by Gasteiger charge is 2.25. The van der Waals surface area contributed by atoms with Crippen LogP contribution in [0.4, 0.5) is 28.4 Å². The van der Waals surface area contributed by atoms with Crippen LogP contribution in [0.2, 0.25) is 0 Å². The lowest BCUT2D eigenvalue weighted by atomic mass is 9.84. The van der Waals surface area contributed by atoms with Crippen LogP contribution in [0, 0.1) is 0 Å². The first-order chi connectivity index (χ1) is 37.6. The molecule has 364 valence electrons. The van der Waals surface area contributed by atoms with Crippen LogP contribution in [0.1, 0.15) is 27.7 Å². The van der Waals surface area contributed by atoms with Gasteiger partial charge in [-0.05, 0) is 168 Å². The largest absolute Gasteiger partial charge is 0.311 e. The molecule has 0 radical (unpaired) electrons. The molecule has 0 aliphatic rings. The van der Waals surface area contributed by atoms with E-state index >= 15 is 0 Å². The molecular weight excluding hydrogens is 917 g/mol. The van der Waals surface area contributed by atoms with E-state index in [1.54, 1.807) is 0 Å². The van der Waals surface area contributed by atoms with Crippen molar-refractivity contribution in [3.8, 4) is 33.4 Å². The first-order valence-electron chi connectivity index (χ1n) is 26.7. The molecule has 0 amide bonds. The van der Waals surface area contributed by atoms with Gasteiger partial charge in [0.25, 0.3) is 0 Å². The average Bonchev–Trinajstić information content (AvgIpc) is 3.50. The molecule has 13 aromatic rings. The summed E-state index contributed by atoms with van der Waals surface area (Å²) < 4.78 is 0. The van der Waals surface area contributed by atoms with E-state index in [4.69, 9.17) is 0 Å². The second kappa shape index (κ2) is 20.8. The normalized spacial score (nSPS) is 11.7. The Balaban J connectivity index is 0.00000288. The Morgan fingerprint density at radius 2 is 0.684 bits per heavy atom. The maximum atomic E-state index is 2.50. The van der Waals surface area contributed by atoms with Crippen LogP contribution >= 0.6 is 0 Å². The Hall–Kier alpha value is -9.50. The smallest absolute Gasteiger partial charge is 0.0618 e. The predicted octanol–water partition coefficient (Wildman–Crippen LogP) is 21.7. The van der Waals surface area contributed by atoms with Crippen LogP contribution in [0.5, 0.6) is 0 Å². The molecule has 0 spiro atoms. The lowest BCUT2D eigenvalue weighted by Gasteiger charge is -2.30. The van der Waals surface area contributed by atoms with E-state index in [1.807, 2.05) is 13.8 Å². The van der Waals surface area contributed by atoms with Gasteiger partial charge in [-0.1, -0.05) is 226 Å². The van der Waals surface area contributed by atoms with E-state index in [-0.39, 0.29) is 0 Å². The van der Waals surface area contributed by atoms with Crippen molar-refractivity contribution in [2.24, 2.45) is 0 Å². The highest BCUT2D eigenvalue weighted by atomic mass is 15.2. The number of anilines is 5. The molecule has 13 aromatic carbocycles. The lowest BCUT2D eigenvalue weighted by Crippen LogP contribution is -2.14. The zero-order valence-corrected chi connectivity index (χ0v) is 43.5. The molecule has 0 aromatic heterocycles. The van der Waals surface area contributed by atoms with Crippen molar-refractivity contribution in [2.75, 3.05) is 9.80 Å². The molecule has 76 heavy (non-hydrogen) atoms. The van der Waals surface area contributed by atoms with Gasteiger partial charge in [-0.25, -0.2) is 0 Å². The van der Waals surface area contributed by atoms with Gasteiger partial charge in [-0.3, -0.25) is 0 Å². The van der Waals surface area contributed by atoms with E-state index in [0.717, 1.165) is 34.1 Å². The van der Waals surface area contributed by atoms with E-state index in [2.05, 4.69) is 303 Å². The predicted molar refractivity (Wildman–Crippen MR) is 331 cm³/mol. The van der Waals surface area contributed by atoms with Gasteiger partial charge in [0, 0.05) is 39.2 Å². The Kier molecular flexibility index (Phi) is 13.0. The molecule has 0 N–H and O–H groups in total. The maximum Gasteiger partial charge on any atom is 0.0618 e. The minimum atomic E-state index is 1.08. The van der Waals surface area contributed by atoms with Gasteiger partial charge in [-0.15, -0.1) is 0 Å². The number of fused-ring (bicyclic) bond motifs is 6. The number of para-hydroxylation sites is 2. The first kappa shape index (κ1) is 47.5. The molecule has 0 heterocycles. The summed E-state index contributed by atoms with van der Waals surface area (Å²) in [6.07, 6.45) is 6.45. The summed E-state index contributed by atoms with van der Waals surface area (Å²) in [5.41, 5.74) is 13.9. The molecule has 2 nitrogen and oxygen atoms in total. The molecule has 0 atom stereocenters. The Morgan fingerprint density at radius 3 is 1.20 bits per heavy atom. The van der Waals surface area contributed by atoms with Crippen LogP contribution < -0.4 is 9.80 Å². The van der Waals surface area contributed by atoms with E-state index < -0.39 is 0 Å². The van der Waals surface area contributed by atoms with Crippen LogP contribution in [0.15, 0.2) is 285 Å². The second-order valence-electron chi connectivity index (χ2n) is 19.1. The quantitative estimate of drug-likeness (QED) is 0.0995. The van der Waals surface area contributed by atoms with E-state index in [0.29, 0.717) is 0 Å². The molecule has 0 unspecified atom stereocenters. The van der Waals surface area contributed by atoms with Crippen molar-refractivity contribution in [3.63, 3.8) is 0 Å². The summed E-state index contributed by atoms with van der Waals surface area (Å²) in [5.74, 6) is 0. The van der Waals surface area contributed by atoms with E-state index in [9.17, 15) is 0 Å². The summed E-state index contributed by atoms with van der Waals surface area (Å²) in [5, 5.41) is 14.5. The average molecular weight is 975 g/mol. The number of rotatable bonds is 10. The summed E-state index contributed by atoms with van der Waals surface area (Å²) >= 11 is 0. The summed E-state index contributed by atoms with van der Waals surface area (Å²) in [7, 11) is 0. The van der Waals surface area contributed by atoms with Crippen molar-refractivity contribution >= 4 is 93.1 Å². The zero-order chi connectivity index (χ0) is 51.5. The van der Waals surface area contributed by atoms with Gasteiger partial charge in [0.2, 0.25) is 0 Å². The van der Waals surface area contributed by atoms with Gasteiger partial charge >= 0.3 is 0 Å². The fraction of sp³-hybridized carbons (Fsp3) is 0.0541. The van der Waals surface area contributed by atoms with Gasteiger partial charge in [0.15, 0.2) is 0 Å². The van der Waals surface area contributed by atoms with Crippen molar-refractivity contribution in [1.29, 1.82) is 0 Å². The van der Waals surface area contributed by atoms with Gasteiger partial charge in [-0.2, -0.15) is 0 Å². The monoisotopic (exact) mass is 974 g/mol. The van der Waals surface area contributed by atoms with Crippen molar-refractivity contribution < 1.29 is 0 Å². The third kappa shape index (κ3) is 8.44. The highest BCUT2D eigenvalue weighted by molar-refractivity contribution is 6.25. The number of allylic oxidation sites excluding steroid dienone is 3. The molecule has 0 saturated carbocycles. The molecule has 0 aliphatic heterocycles. The van der Waals surface area contributed by atoms with Crippen LogP contribution in [-0.2, 0) is 0 Å². The molecule has 13 rings (SSSR count). The zero-order valence-electron chi connectivity index (χ0n) is 43.5. The summed E-state index contributed by atoms with van der Waals surface area (Å²) in [6, 6.07) is 96.1. The van der Waals surface area contributed by atoms with Crippen LogP contribution in [-0.4, -0.2) is 0 Å². The Morgan fingerprint density at radius 1 is 0.303 bits per heavy atom. The number of hydrogen-bond donors (Lipinski definition) is 0. The van der Waals surface area contributed by atoms with Crippen LogP contribution in [0.3, 0.4) is 0 Å². The maximum absolute atomic E-state index is 2.50. The summed E-state index contributed by atoms with van der Waals surface area (Å²) in [6.45, 7) is 8.17. The third-order valence-electron chi connectivity index (χ3n) is 14.8. The van der Waals surface area contributed by atoms with Crippen molar-refractivity contribution in [3.05, 3.63) is 285 Å². The lowest BCUT2D eigenvalue weighted by molar-refractivity contribution is 1.20. The number of benzene rings is 13. The van der Waals surface area contributed by atoms with Crippen molar-refractivity contribution in [1.82, 2.24) is 0 Å². The molecule has 0 aliphatic carbocycles. The minimum Gasteiger partial charge on any atom is -0.311 e. The van der Waals surface area contributed by atoms with Crippen molar-refractivity contribution in [2.45, 2.75) is 27.7 Å². The summed E-state index contributed by atoms with van der Waals surface area (Å²) in [4.78, 5) is 4.83. The molecule has 0 fully saturated rings. The minimum absolute atomic E-state index is 1.08. The second-order valence-corrected chi connectivity index (χ2v) is 19.1. The van der Waals surface area contributed by atoms with E-state index in [1.165, 1.54) is 98.0 Å².